The zero-order valence-electron chi connectivity index (χ0n) is 10.4. The Hall–Kier alpha value is -1.39. The number of aliphatic hydroxyl groups is 1. The average molecular weight is 246 g/mol. The van der Waals surface area contributed by atoms with Gasteiger partial charge in [0, 0.05) is 24.2 Å². The van der Waals surface area contributed by atoms with Gasteiger partial charge in [-0.25, -0.2) is 0 Å². The normalized spacial score (nSPS) is 23.7. The molecule has 0 aromatic heterocycles. The third-order valence-electron chi connectivity index (χ3n) is 3.88. The molecule has 2 aliphatic heterocycles. The summed E-state index contributed by atoms with van der Waals surface area (Å²) in [6.07, 6.45) is 1.73. The smallest absolute Gasteiger partial charge is 0.256 e. The number of carbonyl (C=O) groups excluding carboxylic acids is 1. The van der Waals surface area contributed by atoms with E-state index in [1.165, 1.54) is 12.8 Å². The van der Waals surface area contributed by atoms with Crippen molar-refractivity contribution in [2.24, 2.45) is 0 Å². The van der Waals surface area contributed by atoms with Gasteiger partial charge in [-0.2, -0.15) is 0 Å². The minimum Gasteiger partial charge on any atom is -0.369 e. The third kappa shape index (κ3) is 1.91. The van der Waals surface area contributed by atoms with Crippen LogP contribution in [0.1, 0.15) is 35.0 Å². The van der Waals surface area contributed by atoms with Crippen LogP contribution in [0.3, 0.4) is 0 Å². The molecule has 18 heavy (non-hydrogen) atoms. The van der Waals surface area contributed by atoms with Gasteiger partial charge < -0.3 is 14.9 Å². The van der Waals surface area contributed by atoms with Crippen LogP contribution in [0.4, 0.5) is 0 Å². The van der Waals surface area contributed by atoms with Crippen molar-refractivity contribution in [1.29, 1.82) is 0 Å². The van der Waals surface area contributed by atoms with Crippen LogP contribution in [-0.2, 0) is 0 Å². The summed E-state index contributed by atoms with van der Waals surface area (Å²) in [6, 6.07) is 7.32. The molecule has 0 bridgehead atoms. The van der Waals surface area contributed by atoms with E-state index in [4.69, 9.17) is 0 Å². The second kappa shape index (κ2) is 4.71. The third-order valence-corrected chi connectivity index (χ3v) is 3.88. The maximum Gasteiger partial charge on any atom is 0.256 e. The van der Waals surface area contributed by atoms with Crippen LogP contribution < -0.4 is 0 Å². The average Bonchev–Trinajstić information content (AvgIpc) is 2.98. The Labute approximate surface area is 107 Å². The van der Waals surface area contributed by atoms with Crippen molar-refractivity contribution in [3.63, 3.8) is 0 Å². The number of hydrogen-bond acceptors (Lipinski definition) is 3. The minimum absolute atomic E-state index is 0.0442. The molecule has 0 spiro atoms. The van der Waals surface area contributed by atoms with Crippen LogP contribution in [0.25, 0.3) is 0 Å². The Morgan fingerprint density at radius 1 is 1.17 bits per heavy atom. The molecule has 0 aliphatic carbocycles. The van der Waals surface area contributed by atoms with Crippen molar-refractivity contribution >= 4 is 5.91 Å². The van der Waals surface area contributed by atoms with Gasteiger partial charge >= 0.3 is 0 Å². The second-order valence-corrected chi connectivity index (χ2v) is 5.01. The van der Waals surface area contributed by atoms with Crippen LogP contribution in [-0.4, -0.2) is 47.0 Å². The van der Waals surface area contributed by atoms with Crippen molar-refractivity contribution in [3.8, 4) is 0 Å². The lowest BCUT2D eigenvalue weighted by atomic mass is 10.1. The Bertz CT molecular complexity index is 455. The first-order valence-electron chi connectivity index (χ1n) is 6.58. The Kier molecular flexibility index (Phi) is 3.06. The minimum atomic E-state index is -0.767. The maximum absolute atomic E-state index is 12.2. The molecule has 1 fully saturated rings. The number of nitrogens with zero attached hydrogens (tertiary/aromatic N) is 2. The van der Waals surface area contributed by atoms with Crippen LogP contribution in [0.15, 0.2) is 24.3 Å². The molecule has 1 N–H and O–H groups in total. The van der Waals surface area contributed by atoms with Gasteiger partial charge in [0.1, 0.15) is 0 Å². The molecular weight excluding hydrogens is 228 g/mol. The molecule has 0 radical (unpaired) electrons. The van der Waals surface area contributed by atoms with Gasteiger partial charge in [0.05, 0.1) is 0 Å². The summed E-state index contributed by atoms with van der Waals surface area (Å²) in [5.74, 6) is -0.0442. The highest BCUT2D eigenvalue weighted by Gasteiger charge is 2.34. The number of fused-ring (bicyclic) bond motifs is 1. The van der Waals surface area contributed by atoms with Gasteiger partial charge in [-0.05, 0) is 32.0 Å². The highest BCUT2D eigenvalue weighted by Crippen LogP contribution is 2.30. The van der Waals surface area contributed by atoms with Gasteiger partial charge in [0.15, 0.2) is 6.23 Å². The van der Waals surface area contributed by atoms with E-state index in [2.05, 4.69) is 4.90 Å². The number of benzene rings is 1. The van der Waals surface area contributed by atoms with Crippen molar-refractivity contribution < 1.29 is 9.90 Å². The van der Waals surface area contributed by atoms with Gasteiger partial charge in [0.2, 0.25) is 0 Å². The lowest BCUT2D eigenvalue weighted by molar-refractivity contribution is 0.0145. The van der Waals surface area contributed by atoms with Gasteiger partial charge in [0.25, 0.3) is 5.91 Å². The Balaban J connectivity index is 1.69. The summed E-state index contributed by atoms with van der Waals surface area (Å²) in [6.45, 7) is 3.70. The summed E-state index contributed by atoms with van der Waals surface area (Å²) in [7, 11) is 0. The standard InChI is InChI=1S/C14H18N2O2/c17-13-11-5-1-2-6-12(11)14(18)16(13)10-9-15-7-3-4-8-15/h1-2,5-6,13,17H,3-4,7-10H2. The van der Waals surface area contributed by atoms with Crippen LogP contribution >= 0.6 is 0 Å². The molecule has 0 saturated carbocycles. The van der Waals surface area contributed by atoms with E-state index >= 15 is 0 Å². The Morgan fingerprint density at radius 3 is 2.61 bits per heavy atom. The molecule has 4 nitrogen and oxygen atoms in total. The molecule has 96 valence electrons. The predicted octanol–water partition coefficient (Wildman–Crippen LogP) is 1.23. The molecule has 4 heteroatoms. The molecule has 1 unspecified atom stereocenters. The van der Waals surface area contributed by atoms with E-state index in [0.717, 1.165) is 25.2 Å². The molecule has 1 atom stereocenters. The maximum atomic E-state index is 12.2. The van der Waals surface area contributed by atoms with E-state index in [9.17, 15) is 9.90 Å². The molecule has 2 heterocycles. The van der Waals surface area contributed by atoms with Gasteiger partial charge in [-0.1, -0.05) is 18.2 Å². The number of likely N-dealkylation sites (tertiary alicyclic amines) is 1. The SMILES string of the molecule is O=C1c2ccccc2C(O)N1CCN1CCCC1. The van der Waals surface area contributed by atoms with E-state index in [1.807, 2.05) is 18.2 Å². The van der Waals surface area contributed by atoms with Crippen LogP contribution in [0, 0.1) is 0 Å². The summed E-state index contributed by atoms with van der Waals surface area (Å²) in [5, 5.41) is 10.2. The van der Waals surface area contributed by atoms with E-state index in [0.29, 0.717) is 12.1 Å². The predicted molar refractivity (Wildman–Crippen MR) is 68.1 cm³/mol. The number of carbonyl (C=O) groups is 1. The monoisotopic (exact) mass is 246 g/mol. The first-order chi connectivity index (χ1) is 8.77. The summed E-state index contributed by atoms with van der Waals surface area (Å²) < 4.78 is 0. The topological polar surface area (TPSA) is 43.8 Å². The molecule has 1 amide bonds. The molecule has 1 saturated heterocycles. The summed E-state index contributed by atoms with van der Waals surface area (Å²) >= 11 is 0. The number of rotatable bonds is 3. The molecule has 3 rings (SSSR count). The lowest BCUT2D eigenvalue weighted by Gasteiger charge is -2.24. The number of amides is 1. The highest BCUT2D eigenvalue weighted by molar-refractivity contribution is 5.98. The molecule has 1 aromatic carbocycles. The van der Waals surface area contributed by atoms with Crippen molar-refractivity contribution in [2.75, 3.05) is 26.2 Å². The fourth-order valence-corrected chi connectivity index (χ4v) is 2.83. The first kappa shape index (κ1) is 11.7. The van der Waals surface area contributed by atoms with E-state index < -0.39 is 6.23 Å². The van der Waals surface area contributed by atoms with Crippen molar-refractivity contribution in [3.05, 3.63) is 35.4 Å². The Morgan fingerprint density at radius 2 is 1.89 bits per heavy atom. The van der Waals surface area contributed by atoms with E-state index in [1.54, 1.807) is 11.0 Å². The quantitative estimate of drug-likeness (QED) is 0.872. The second-order valence-electron chi connectivity index (χ2n) is 5.01. The molecule has 2 aliphatic rings. The largest absolute Gasteiger partial charge is 0.369 e. The van der Waals surface area contributed by atoms with Crippen molar-refractivity contribution in [2.45, 2.75) is 19.1 Å². The summed E-state index contributed by atoms with van der Waals surface area (Å²) in [5.41, 5.74) is 1.38. The highest BCUT2D eigenvalue weighted by atomic mass is 16.3. The molecule has 1 aromatic rings. The lowest BCUT2D eigenvalue weighted by Crippen LogP contribution is -2.36. The van der Waals surface area contributed by atoms with E-state index in [-0.39, 0.29) is 5.91 Å². The number of aliphatic hydroxyl groups excluding tert-OH is 1. The zero-order valence-corrected chi connectivity index (χ0v) is 10.4. The number of hydrogen-bond donors (Lipinski definition) is 1. The zero-order chi connectivity index (χ0) is 12.5. The summed E-state index contributed by atoms with van der Waals surface area (Å²) in [4.78, 5) is 16.1. The van der Waals surface area contributed by atoms with Crippen molar-refractivity contribution in [1.82, 2.24) is 9.80 Å². The first-order valence-corrected chi connectivity index (χ1v) is 6.58. The fraction of sp³-hybridized carbons (Fsp3) is 0.500. The van der Waals surface area contributed by atoms with Gasteiger partial charge in [-0.3, -0.25) is 4.79 Å². The van der Waals surface area contributed by atoms with Crippen LogP contribution in [0.5, 0.6) is 0 Å². The van der Waals surface area contributed by atoms with Crippen LogP contribution in [0.2, 0.25) is 0 Å². The fourth-order valence-electron chi connectivity index (χ4n) is 2.83. The van der Waals surface area contributed by atoms with Gasteiger partial charge in [-0.15, -0.1) is 0 Å². The molecular formula is C14H18N2O2.